The van der Waals surface area contributed by atoms with Gasteiger partial charge in [-0.25, -0.2) is 4.98 Å². The molecule has 0 radical (unpaired) electrons. The van der Waals surface area contributed by atoms with Crippen molar-refractivity contribution in [3.8, 4) is 0 Å². The summed E-state index contributed by atoms with van der Waals surface area (Å²) in [5, 5.41) is 0. The molecule has 0 fully saturated rings. The first-order chi connectivity index (χ1) is 5.70. The number of halogens is 1. The fourth-order valence-corrected chi connectivity index (χ4v) is 1.55. The largest absolute Gasteiger partial charge is 0.396 e. The zero-order chi connectivity index (χ0) is 8.72. The number of imidazole rings is 1. The smallest absolute Gasteiger partial charge is 0.161 e. The Morgan fingerprint density at radius 1 is 1.58 bits per heavy atom. The number of nitrogen functional groups attached to an aromatic ring is 1. The number of anilines is 1. The summed E-state index contributed by atoms with van der Waals surface area (Å²) in [6.07, 6.45) is 1.93. The second kappa shape index (κ2) is 2.48. The number of hydrogen-bond donors (Lipinski definition) is 1. The van der Waals surface area contributed by atoms with E-state index in [2.05, 4.69) is 20.9 Å². The average molecular weight is 226 g/mol. The SMILES string of the molecule is Cc1nc2c(N)cccn2c1Br. The van der Waals surface area contributed by atoms with Crippen LogP contribution in [0.2, 0.25) is 0 Å². The number of nitrogens with zero attached hydrogens (tertiary/aromatic N) is 2. The summed E-state index contributed by atoms with van der Waals surface area (Å²) in [7, 11) is 0. The molecular weight excluding hydrogens is 218 g/mol. The van der Waals surface area contributed by atoms with Crippen LogP contribution in [-0.4, -0.2) is 9.38 Å². The van der Waals surface area contributed by atoms with E-state index in [1.54, 1.807) is 0 Å². The number of rotatable bonds is 0. The Kier molecular flexibility index (Phi) is 1.58. The van der Waals surface area contributed by atoms with Crippen molar-refractivity contribution in [2.24, 2.45) is 0 Å². The number of aryl methyl sites for hydroxylation is 1. The van der Waals surface area contributed by atoms with Crippen LogP contribution >= 0.6 is 15.9 Å². The summed E-state index contributed by atoms with van der Waals surface area (Å²) in [5.41, 5.74) is 8.19. The zero-order valence-electron chi connectivity index (χ0n) is 6.58. The van der Waals surface area contributed by atoms with Gasteiger partial charge in [0.05, 0.1) is 11.4 Å². The molecule has 2 aromatic heterocycles. The molecule has 0 spiro atoms. The Labute approximate surface area is 78.3 Å². The predicted molar refractivity (Wildman–Crippen MR) is 52.0 cm³/mol. The molecule has 62 valence electrons. The van der Waals surface area contributed by atoms with Gasteiger partial charge in [0.15, 0.2) is 5.65 Å². The van der Waals surface area contributed by atoms with Gasteiger partial charge in [-0.2, -0.15) is 0 Å². The van der Waals surface area contributed by atoms with Gasteiger partial charge in [-0.3, -0.25) is 4.40 Å². The Morgan fingerprint density at radius 3 is 3.00 bits per heavy atom. The minimum Gasteiger partial charge on any atom is -0.396 e. The first-order valence-corrected chi connectivity index (χ1v) is 4.38. The third kappa shape index (κ3) is 0.914. The number of aromatic nitrogens is 2. The summed E-state index contributed by atoms with van der Waals surface area (Å²) in [6.45, 7) is 1.94. The maximum atomic E-state index is 5.73. The van der Waals surface area contributed by atoms with Gasteiger partial charge in [0.1, 0.15) is 4.60 Å². The predicted octanol–water partition coefficient (Wildman–Crippen LogP) is 1.99. The normalized spacial score (nSPS) is 10.8. The highest BCUT2D eigenvalue weighted by Crippen LogP contribution is 2.21. The minimum atomic E-state index is 0.700. The number of fused-ring (bicyclic) bond motifs is 1. The van der Waals surface area contributed by atoms with E-state index >= 15 is 0 Å². The highest BCUT2D eigenvalue weighted by atomic mass is 79.9. The molecule has 4 heteroatoms. The Morgan fingerprint density at radius 2 is 2.33 bits per heavy atom. The molecular formula is C8H8BrN3. The molecule has 2 aromatic rings. The zero-order valence-corrected chi connectivity index (χ0v) is 8.17. The Hall–Kier alpha value is -1.03. The fourth-order valence-electron chi connectivity index (χ4n) is 1.17. The minimum absolute atomic E-state index is 0.700. The molecule has 0 saturated carbocycles. The van der Waals surface area contributed by atoms with E-state index in [-0.39, 0.29) is 0 Å². The molecule has 12 heavy (non-hydrogen) atoms. The second-order valence-corrected chi connectivity index (χ2v) is 3.40. The van der Waals surface area contributed by atoms with Crippen LogP contribution in [0.4, 0.5) is 5.69 Å². The average Bonchev–Trinajstić information content (AvgIpc) is 2.32. The second-order valence-electron chi connectivity index (χ2n) is 2.65. The van der Waals surface area contributed by atoms with Crippen molar-refractivity contribution in [2.45, 2.75) is 6.92 Å². The van der Waals surface area contributed by atoms with Gasteiger partial charge >= 0.3 is 0 Å². The Balaban J connectivity index is 2.95. The molecule has 0 aliphatic carbocycles. The van der Waals surface area contributed by atoms with E-state index in [4.69, 9.17) is 5.73 Å². The third-order valence-corrected chi connectivity index (χ3v) is 2.74. The summed E-state index contributed by atoms with van der Waals surface area (Å²) >= 11 is 3.43. The fraction of sp³-hybridized carbons (Fsp3) is 0.125. The molecule has 0 amide bonds. The van der Waals surface area contributed by atoms with Gasteiger partial charge in [0.2, 0.25) is 0 Å². The molecule has 0 bridgehead atoms. The Bertz CT molecular complexity index is 433. The molecule has 2 rings (SSSR count). The highest BCUT2D eigenvalue weighted by Gasteiger charge is 2.06. The summed E-state index contributed by atoms with van der Waals surface area (Å²) in [6, 6.07) is 3.74. The van der Waals surface area contributed by atoms with Gasteiger partial charge in [-0.1, -0.05) is 0 Å². The van der Waals surface area contributed by atoms with E-state index < -0.39 is 0 Å². The molecule has 0 aromatic carbocycles. The lowest BCUT2D eigenvalue weighted by Gasteiger charge is -1.96. The molecule has 2 heterocycles. The first kappa shape index (κ1) is 7.61. The van der Waals surface area contributed by atoms with Crippen LogP contribution < -0.4 is 5.73 Å². The van der Waals surface area contributed by atoms with Crippen molar-refractivity contribution < 1.29 is 0 Å². The number of pyridine rings is 1. The molecule has 0 saturated heterocycles. The van der Waals surface area contributed by atoms with Crippen LogP contribution in [0.1, 0.15) is 5.69 Å². The van der Waals surface area contributed by atoms with Crippen LogP contribution in [0, 0.1) is 6.92 Å². The monoisotopic (exact) mass is 225 g/mol. The number of hydrogen-bond acceptors (Lipinski definition) is 2. The van der Waals surface area contributed by atoms with Crippen molar-refractivity contribution >= 4 is 27.3 Å². The lowest BCUT2D eigenvalue weighted by Crippen LogP contribution is -1.91. The standard InChI is InChI=1S/C8H8BrN3/c1-5-7(9)12-4-2-3-6(10)8(12)11-5/h2-4H,10H2,1H3. The highest BCUT2D eigenvalue weighted by molar-refractivity contribution is 9.10. The lowest BCUT2D eigenvalue weighted by molar-refractivity contribution is 1.15. The molecule has 3 nitrogen and oxygen atoms in total. The van der Waals surface area contributed by atoms with Crippen LogP contribution in [-0.2, 0) is 0 Å². The molecule has 0 aliphatic heterocycles. The van der Waals surface area contributed by atoms with Crippen molar-refractivity contribution in [3.05, 3.63) is 28.6 Å². The first-order valence-electron chi connectivity index (χ1n) is 3.59. The maximum Gasteiger partial charge on any atom is 0.161 e. The summed E-state index contributed by atoms with van der Waals surface area (Å²) in [5.74, 6) is 0. The summed E-state index contributed by atoms with van der Waals surface area (Å²) in [4.78, 5) is 4.30. The van der Waals surface area contributed by atoms with E-state index in [9.17, 15) is 0 Å². The lowest BCUT2D eigenvalue weighted by atomic mass is 10.4. The van der Waals surface area contributed by atoms with Gasteiger partial charge < -0.3 is 5.73 Å². The molecule has 2 N–H and O–H groups in total. The van der Waals surface area contributed by atoms with Gasteiger partial charge in [-0.05, 0) is 35.0 Å². The molecule has 0 unspecified atom stereocenters. The van der Waals surface area contributed by atoms with Gasteiger partial charge in [0.25, 0.3) is 0 Å². The van der Waals surface area contributed by atoms with Crippen molar-refractivity contribution in [1.29, 1.82) is 0 Å². The quantitative estimate of drug-likeness (QED) is 0.746. The van der Waals surface area contributed by atoms with E-state index in [0.29, 0.717) is 5.69 Å². The van der Waals surface area contributed by atoms with E-state index in [0.717, 1.165) is 15.9 Å². The van der Waals surface area contributed by atoms with E-state index in [1.165, 1.54) is 0 Å². The third-order valence-electron chi connectivity index (χ3n) is 1.78. The number of nitrogens with two attached hydrogens (primary N) is 1. The van der Waals surface area contributed by atoms with Crippen molar-refractivity contribution in [3.63, 3.8) is 0 Å². The molecule has 0 atom stereocenters. The topological polar surface area (TPSA) is 43.3 Å². The van der Waals surface area contributed by atoms with Crippen LogP contribution in [0.3, 0.4) is 0 Å². The van der Waals surface area contributed by atoms with Crippen LogP contribution in [0.25, 0.3) is 5.65 Å². The van der Waals surface area contributed by atoms with Crippen molar-refractivity contribution in [1.82, 2.24) is 9.38 Å². The maximum absolute atomic E-state index is 5.73. The van der Waals surface area contributed by atoms with E-state index in [1.807, 2.05) is 29.7 Å². The molecule has 0 aliphatic rings. The van der Waals surface area contributed by atoms with Crippen LogP contribution in [0.15, 0.2) is 22.9 Å². The summed E-state index contributed by atoms with van der Waals surface area (Å²) < 4.78 is 2.88. The van der Waals surface area contributed by atoms with Crippen LogP contribution in [0.5, 0.6) is 0 Å². The van der Waals surface area contributed by atoms with Gasteiger partial charge in [-0.15, -0.1) is 0 Å². The van der Waals surface area contributed by atoms with Gasteiger partial charge in [0, 0.05) is 6.20 Å². The van der Waals surface area contributed by atoms with Crippen molar-refractivity contribution in [2.75, 3.05) is 5.73 Å².